The van der Waals surface area contributed by atoms with Crippen LogP contribution in [0.1, 0.15) is 29.9 Å². The van der Waals surface area contributed by atoms with E-state index < -0.39 is 0 Å². The van der Waals surface area contributed by atoms with Crippen molar-refractivity contribution in [2.75, 3.05) is 10.6 Å². The number of benzene rings is 1. The molecule has 0 atom stereocenters. The summed E-state index contributed by atoms with van der Waals surface area (Å²) in [7, 11) is 0. The largest absolute Gasteiger partial charge is 0.382 e. The lowest BCUT2D eigenvalue weighted by molar-refractivity contribution is 0.102. The molecule has 4 nitrogen and oxygen atoms in total. The first-order valence-corrected chi connectivity index (χ1v) is 7.55. The van der Waals surface area contributed by atoms with Gasteiger partial charge >= 0.3 is 0 Å². The minimum absolute atomic E-state index is 0.226. The molecule has 0 fully saturated rings. The van der Waals surface area contributed by atoms with Crippen molar-refractivity contribution in [3.05, 3.63) is 52.3 Å². The van der Waals surface area contributed by atoms with Gasteiger partial charge < -0.3 is 10.6 Å². The first-order chi connectivity index (χ1) is 9.95. The van der Waals surface area contributed by atoms with Crippen molar-refractivity contribution >= 4 is 33.2 Å². The minimum Gasteiger partial charge on any atom is -0.382 e. The molecule has 1 aromatic carbocycles. The van der Waals surface area contributed by atoms with Crippen molar-refractivity contribution in [1.82, 2.24) is 4.98 Å². The van der Waals surface area contributed by atoms with E-state index in [1.165, 1.54) is 0 Å². The molecule has 0 bridgehead atoms. The molecule has 21 heavy (non-hydrogen) atoms. The van der Waals surface area contributed by atoms with Gasteiger partial charge in [-0.2, -0.15) is 0 Å². The Bertz CT molecular complexity index is 638. The number of aryl methyl sites for hydroxylation is 1. The number of nitrogens with zero attached hydrogens (tertiary/aromatic N) is 1. The van der Waals surface area contributed by atoms with Gasteiger partial charge in [0.05, 0.1) is 17.6 Å². The Hall–Kier alpha value is -1.88. The number of halogens is 1. The van der Waals surface area contributed by atoms with Crippen LogP contribution >= 0.6 is 15.9 Å². The number of anilines is 2. The van der Waals surface area contributed by atoms with Crippen molar-refractivity contribution in [1.29, 1.82) is 0 Å². The Morgan fingerprint density at radius 2 is 2.00 bits per heavy atom. The van der Waals surface area contributed by atoms with Crippen LogP contribution in [0.2, 0.25) is 0 Å². The summed E-state index contributed by atoms with van der Waals surface area (Å²) in [5, 5.41) is 6.08. The van der Waals surface area contributed by atoms with Gasteiger partial charge in [0, 0.05) is 10.5 Å². The van der Waals surface area contributed by atoms with Gasteiger partial charge in [-0.3, -0.25) is 4.79 Å². The predicted molar refractivity (Wildman–Crippen MR) is 89.8 cm³/mol. The van der Waals surface area contributed by atoms with E-state index in [0.29, 0.717) is 11.7 Å². The average Bonchev–Trinajstić information content (AvgIpc) is 2.42. The standard InChI is InChI=1S/C16H18BrN3O/c1-10(2)19-12-5-7-15(18-9-12)16(21)20-14-6-4-11(3)8-13(14)17/h4-10,19H,1-3H3,(H,20,21). The highest BCUT2D eigenvalue weighted by Gasteiger charge is 2.10. The third-order valence-electron chi connectivity index (χ3n) is 2.82. The van der Waals surface area contributed by atoms with E-state index in [0.717, 1.165) is 21.4 Å². The van der Waals surface area contributed by atoms with E-state index in [1.807, 2.05) is 31.2 Å². The fourth-order valence-corrected chi connectivity index (χ4v) is 2.45. The molecular weight excluding hydrogens is 330 g/mol. The number of nitrogens with one attached hydrogen (secondary N) is 2. The summed E-state index contributed by atoms with van der Waals surface area (Å²) in [6, 6.07) is 9.66. The van der Waals surface area contributed by atoms with Crippen LogP contribution in [-0.2, 0) is 0 Å². The summed E-state index contributed by atoms with van der Waals surface area (Å²) in [6.45, 7) is 6.10. The molecule has 0 aliphatic heterocycles. The Labute approximate surface area is 133 Å². The topological polar surface area (TPSA) is 54.0 Å². The number of carbonyl (C=O) groups excluding carboxylic acids is 1. The summed E-state index contributed by atoms with van der Waals surface area (Å²) in [4.78, 5) is 16.4. The van der Waals surface area contributed by atoms with Crippen LogP contribution in [0, 0.1) is 6.92 Å². The van der Waals surface area contributed by atoms with Crippen molar-refractivity contribution in [2.24, 2.45) is 0 Å². The molecule has 0 aliphatic carbocycles. The van der Waals surface area contributed by atoms with Crippen molar-refractivity contribution < 1.29 is 4.79 Å². The summed E-state index contributed by atoms with van der Waals surface area (Å²) in [6.07, 6.45) is 1.67. The third-order valence-corrected chi connectivity index (χ3v) is 3.48. The molecule has 1 aromatic heterocycles. The van der Waals surface area contributed by atoms with Crippen molar-refractivity contribution in [3.8, 4) is 0 Å². The summed E-state index contributed by atoms with van der Waals surface area (Å²) >= 11 is 3.44. The van der Waals surface area contributed by atoms with E-state index in [9.17, 15) is 4.79 Å². The first kappa shape index (κ1) is 15.5. The molecular formula is C16H18BrN3O. The molecule has 2 N–H and O–H groups in total. The summed E-state index contributed by atoms with van der Waals surface area (Å²) < 4.78 is 0.856. The van der Waals surface area contributed by atoms with Crippen LogP contribution in [0.15, 0.2) is 41.0 Å². The number of carbonyl (C=O) groups is 1. The quantitative estimate of drug-likeness (QED) is 0.870. The molecule has 0 radical (unpaired) electrons. The van der Waals surface area contributed by atoms with Crippen LogP contribution < -0.4 is 10.6 Å². The normalized spacial score (nSPS) is 10.5. The minimum atomic E-state index is -0.226. The average molecular weight is 348 g/mol. The molecule has 2 rings (SSSR count). The second kappa shape index (κ2) is 6.72. The molecule has 110 valence electrons. The van der Waals surface area contributed by atoms with Gasteiger partial charge in [-0.1, -0.05) is 6.07 Å². The molecule has 0 spiro atoms. The van der Waals surface area contributed by atoms with Gasteiger partial charge in [-0.05, 0) is 66.5 Å². The molecule has 2 aromatic rings. The van der Waals surface area contributed by atoms with Crippen LogP contribution in [0.5, 0.6) is 0 Å². The van der Waals surface area contributed by atoms with E-state index in [1.54, 1.807) is 12.3 Å². The fourth-order valence-electron chi connectivity index (χ4n) is 1.85. The lowest BCUT2D eigenvalue weighted by atomic mass is 10.2. The first-order valence-electron chi connectivity index (χ1n) is 6.76. The molecule has 0 unspecified atom stereocenters. The number of pyridine rings is 1. The second-order valence-corrected chi connectivity index (χ2v) is 6.02. The Morgan fingerprint density at radius 1 is 1.24 bits per heavy atom. The summed E-state index contributed by atoms with van der Waals surface area (Å²) in [5.74, 6) is -0.226. The molecule has 5 heteroatoms. The molecule has 1 heterocycles. The predicted octanol–water partition coefficient (Wildman–Crippen LogP) is 4.23. The van der Waals surface area contributed by atoms with Crippen LogP contribution in [0.3, 0.4) is 0 Å². The highest BCUT2D eigenvalue weighted by Crippen LogP contribution is 2.23. The van der Waals surface area contributed by atoms with Crippen molar-refractivity contribution in [3.63, 3.8) is 0 Å². The second-order valence-electron chi connectivity index (χ2n) is 5.17. The van der Waals surface area contributed by atoms with E-state index >= 15 is 0 Å². The number of rotatable bonds is 4. The highest BCUT2D eigenvalue weighted by atomic mass is 79.9. The zero-order chi connectivity index (χ0) is 15.4. The number of aromatic nitrogens is 1. The van der Waals surface area contributed by atoms with E-state index in [2.05, 4.69) is 45.4 Å². The van der Waals surface area contributed by atoms with Gasteiger partial charge in [0.2, 0.25) is 0 Å². The van der Waals surface area contributed by atoms with Gasteiger partial charge in [-0.15, -0.1) is 0 Å². The third kappa shape index (κ3) is 4.29. The summed E-state index contributed by atoms with van der Waals surface area (Å²) in [5.41, 5.74) is 3.15. The maximum atomic E-state index is 12.2. The smallest absolute Gasteiger partial charge is 0.274 e. The number of hydrogen-bond acceptors (Lipinski definition) is 3. The monoisotopic (exact) mass is 347 g/mol. The molecule has 0 saturated heterocycles. The Kier molecular flexibility index (Phi) is 4.96. The van der Waals surface area contributed by atoms with Crippen LogP contribution in [0.25, 0.3) is 0 Å². The highest BCUT2D eigenvalue weighted by molar-refractivity contribution is 9.10. The fraction of sp³-hybridized carbons (Fsp3) is 0.250. The molecule has 1 amide bonds. The zero-order valence-electron chi connectivity index (χ0n) is 12.3. The van der Waals surface area contributed by atoms with Gasteiger partial charge in [0.15, 0.2) is 0 Å². The molecule has 0 aliphatic rings. The lowest BCUT2D eigenvalue weighted by Gasteiger charge is -2.10. The maximum absolute atomic E-state index is 12.2. The molecule has 0 saturated carbocycles. The Morgan fingerprint density at radius 3 is 2.57 bits per heavy atom. The Balaban J connectivity index is 2.09. The maximum Gasteiger partial charge on any atom is 0.274 e. The number of amides is 1. The lowest BCUT2D eigenvalue weighted by Crippen LogP contribution is -2.15. The van der Waals surface area contributed by atoms with E-state index in [-0.39, 0.29) is 5.91 Å². The number of hydrogen-bond donors (Lipinski definition) is 2. The zero-order valence-corrected chi connectivity index (χ0v) is 13.9. The van der Waals surface area contributed by atoms with Crippen LogP contribution in [0.4, 0.5) is 11.4 Å². The van der Waals surface area contributed by atoms with Gasteiger partial charge in [0.1, 0.15) is 5.69 Å². The van der Waals surface area contributed by atoms with Crippen LogP contribution in [-0.4, -0.2) is 16.9 Å². The SMILES string of the molecule is Cc1ccc(NC(=O)c2ccc(NC(C)C)cn2)c(Br)c1. The van der Waals surface area contributed by atoms with Gasteiger partial charge in [0.25, 0.3) is 5.91 Å². The van der Waals surface area contributed by atoms with E-state index in [4.69, 9.17) is 0 Å². The van der Waals surface area contributed by atoms with Gasteiger partial charge in [-0.25, -0.2) is 4.98 Å². The van der Waals surface area contributed by atoms with Crippen molar-refractivity contribution in [2.45, 2.75) is 26.8 Å².